The Morgan fingerprint density at radius 1 is 1.45 bits per heavy atom. The molecule has 0 aliphatic carbocycles. The summed E-state index contributed by atoms with van der Waals surface area (Å²) in [7, 11) is 0. The number of rotatable bonds is 4. The second kappa shape index (κ2) is 6.55. The lowest BCUT2D eigenvalue weighted by Gasteiger charge is -2.22. The highest BCUT2D eigenvalue weighted by molar-refractivity contribution is 7.10. The van der Waals surface area contributed by atoms with Crippen LogP contribution in [0, 0.1) is 5.41 Å². The Labute approximate surface area is 124 Å². The molecular weight excluding hydrogens is 270 g/mol. The second-order valence-corrected chi connectivity index (χ2v) is 7.31. The summed E-state index contributed by atoms with van der Waals surface area (Å²) in [6.07, 6.45) is 6.68. The molecule has 1 N–H and O–H groups in total. The van der Waals surface area contributed by atoms with E-state index in [1.54, 1.807) is 17.4 Å². The maximum Gasteiger partial charge on any atom is 0.328 e. The van der Waals surface area contributed by atoms with E-state index < -0.39 is 5.97 Å². The smallest absolute Gasteiger partial charge is 0.328 e. The van der Waals surface area contributed by atoms with Crippen LogP contribution < -0.4 is 0 Å². The van der Waals surface area contributed by atoms with Gasteiger partial charge in [0.05, 0.1) is 0 Å². The molecule has 4 heteroatoms. The first-order valence-corrected chi connectivity index (χ1v) is 8.03. The molecular formula is C16H23NO2S. The van der Waals surface area contributed by atoms with Crippen LogP contribution in [0.15, 0.2) is 17.5 Å². The van der Waals surface area contributed by atoms with Crippen molar-refractivity contribution in [3.8, 4) is 0 Å². The molecule has 1 aromatic rings. The topological polar surface area (TPSA) is 40.5 Å². The second-order valence-electron chi connectivity index (χ2n) is 6.31. The van der Waals surface area contributed by atoms with Crippen molar-refractivity contribution >= 4 is 23.4 Å². The molecule has 2 heterocycles. The fraction of sp³-hybridized carbons (Fsp3) is 0.562. The number of carbonyl (C=O) groups is 1. The molecule has 0 spiro atoms. The van der Waals surface area contributed by atoms with E-state index in [4.69, 9.17) is 5.11 Å². The standard InChI is InChI=1S/C16H23NO2S/c1-16(2)6-3-8-17(9-7-16)11-14-10-13(12-20-14)4-5-15(18)19/h4-5,10,12H,3,6-9,11H2,1-2H3,(H,18,19). The zero-order valence-corrected chi connectivity index (χ0v) is 13.1. The summed E-state index contributed by atoms with van der Waals surface area (Å²) < 4.78 is 0. The molecule has 1 aliphatic heterocycles. The molecule has 1 saturated heterocycles. The fourth-order valence-corrected chi connectivity index (χ4v) is 3.49. The minimum Gasteiger partial charge on any atom is -0.478 e. The van der Waals surface area contributed by atoms with Crippen LogP contribution in [0.5, 0.6) is 0 Å². The molecule has 1 aliphatic rings. The number of carboxylic acids is 1. The van der Waals surface area contributed by atoms with E-state index in [9.17, 15) is 4.79 Å². The van der Waals surface area contributed by atoms with Crippen LogP contribution in [-0.4, -0.2) is 29.1 Å². The van der Waals surface area contributed by atoms with Gasteiger partial charge >= 0.3 is 5.97 Å². The van der Waals surface area contributed by atoms with E-state index in [1.165, 1.54) is 36.8 Å². The number of nitrogens with zero attached hydrogens (tertiary/aromatic N) is 1. The van der Waals surface area contributed by atoms with E-state index in [-0.39, 0.29) is 0 Å². The Kier molecular flexibility index (Phi) is 5.00. The summed E-state index contributed by atoms with van der Waals surface area (Å²) >= 11 is 1.72. The number of likely N-dealkylation sites (tertiary alicyclic amines) is 1. The molecule has 2 rings (SSSR count). The van der Waals surface area contributed by atoms with E-state index in [2.05, 4.69) is 24.8 Å². The fourth-order valence-electron chi connectivity index (χ4n) is 2.59. The van der Waals surface area contributed by atoms with Gasteiger partial charge in [0.2, 0.25) is 0 Å². The molecule has 20 heavy (non-hydrogen) atoms. The summed E-state index contributed by atoms with van der Waals surface area (Å²) in [5, 5.41) is 10.7. The number of carboxylic acid groups (broad SMARTS) is 1. The van der Waals surface area contributed by atoms with Gasteiger partial charge in [-0.05, 0) is 60.9 Å². The third-order valence-corrected chi connectivity index (χ3v) is 4.84. The average molecular weight is 293 g/mol. The molecule has 0 unspecified atom stereocenters. The third kappa shape index (κ3) is 4.76. The van der Waals surface area contributed by atoms with Gasteiger partial charge in [0, 0.05) is 17.5 Å². The van der Waals surface area contributed by atoms with Crippen molar-refractivity contribution in [3.63, 3.8) is 0 Å². The summed E-state index contributed by atoms with van der Waals surface area (Å²) in [4.78, 5) is 14.3. The van der Waals surface area contributed by atoms with Gasteiger partial charge in [-0.25, -0.2) is 4.79 Å². The Morgan fingerprint density at radius 3 is 3.00 bits per heavy atom. The first-order valence-electron chi connectivity index (χ1n) is 7.15. The number of hydrogen-bond donors (Lipinski definition) is 1. The molecule has 3 nitrogen and oxygen atoms in total. The highest BCUT2D eigenvalue weighted by Gasteiger charge is 2.23. The molecule has 1 fully saturated rings. The lowest BCUT2D eigenvalue weighted by molar-refractivity contribution is -0.131. The third-order valence-electron chi connectivity index (χ3n) is 3.90. The zero-order valence-electron chi connectivity index (χ0n) is 12.3. The Hall–Kier alpha value is -1.13. The molecule has 0 atom stereocenters. The van der Waals surface area contributed by atoms with Gasteiger partial charge in [-0.2, -0.15) is 0 Å². The maximum atomic E-state index is 10.5. The van der Waals surface area contributed by atoms with Crippen molar-refractivity contribution in [1.29, 1.82) is 0 Å². The van der Waals surface area contributed by atoms with Crippen LogP contribution in [0.1, 0.15) is 43.6 Å². The molecule has 0 saturated carbocycles. The minimum atomic E-state index is -0.896. The Morgan fingerprint density at radius 2 is 2.25 bits per heavy atom. The van der Waals surface area contributed by atoms with E-state index in [0.29, 0.717) is 5.41 Å². The first-order chi connectivity index (χ1) is 9.44. The van der Waals surface area contributed by atoms with Gasteiger partial charge in [-0.3, -0.25) is 4.90 Å². The molecule has 0 bridgehead atoms. The zero-order chi connectivity index (χ0) is 14.6. The monoisotopic (exact) mass is 293 g/mol. The van der Waals surface area contributed by atoms with Crippen molar-refractivity contribution in [2.45, 2.75) is 39.7 Å². The van der Waals surface area contributed by atoms with Gasteiger partial charge < -0.3 is 5.11 Å². The normalized spacial score (nSPS) is 20.1. The van der Waals surface area contributed by atoms with E-state index >= 15 is 0 Å². The molecule has 0 amide bonds. The van der Waals surface area contributed by atoms with Crippen LogP contribution in [-0.2, 0) is 11.3 Å². The van der Waals surface area contributed by atoms with Crippen LogP contribution in [0.3, 0.4) is 0 Å². The molecule has 110 valence electrons. The van der Waals surface area contributed by atoms with Crippen molar-refractivity contribution in [2.24, 2.45) is 5.41 Å². The van der Waals surface area contributed by atoms with Crippen molar-refractivity contribution < 1.29 is 9.90 Å². The maximum absolute atomic E-state index is 10.5. The Bertz CT molecular complexity index is 490. The van der Waals surface area contributed by atoms with Crippen molar-refractivity contribution in [2.75, 3.05) is 13.1 Å². The van der Waals surface area contributed by atoms with Crippen LogP contribution >= 0.6 is 11.3 Å². The SMILES string of the molecule is CC1(C)CCCN(Cc2cc(C=CC(=O)O)cs2)CC1. The van der Waals surface area contributed by atoms with Gasteiger partial charge in [-0.1, -0.05) is 13.8 Å². The highest BCUT2D eigenvalue weighted by atomic mass is 32.1. The minimum absolute atomic E-state index is 0.472. The molecule has 1 aromatic heterocycles. The predicted molar refractivity (Wildman–Crippen MR) is 83.9 cm³/mol. The quantitative estimate of drug-likeness (QED) is 0.857. The largest absolute Gasteiger partial charge is 0.478 e. The van der Waals surface area contributed by atoms with Gasteiger partial charge in [0.25, 0.3) is 0 Å². The number of hydrogen-bond acceptors (Lipinski definition) is 3. The van der Waals surface area contributed by atoms with Crippen LogP contribution in [0.25, 0.3) is 6.08 Å². The lowest BCUT2D eigenvalue weighted by Crippen LogP contribution is -2.24. The summed E-state index contributed by atoms with van der Waals surface area (Å²) in [5.74, 6) is -0.896. The van der Waals surface area contributed by atoms with Crippen molar-refractivity contribution in [3.05, 3.63) is 28.0 Å². The molecule has 0 aromatic carbocycles. The highest BCUT2D eigenvalue weighted by Crippen LogP contribution is 2.30. The number of thiophene rings is 1. The van der Waals surface area contributed by atoms with Crippen molar-refractivity contribution in [1.82, 2.24) is 4.90 Å². The predicted octanol–water partition coefficient (Wildman–Crippen LogP) is 3.86. The average Bonchev–Trinajstić information content (AvgIpc) is 2.73. The van der Waals surface area contributed by atoms with Gasteiger partial charge in [0.1, 0.15) is 0 Å². The lowest BCUT2D eigenvalue weighted by atomic mass is 9.85. The van der Waals surface area contributed by atoms with Crippen LogP contribution in [0.2, 0.25) is 0 Å². The van der Waals surface area contributed by atoms with Gasteiger partial charge in [0.15, 0.2) is 0 Å². The summed E-state index contributed by atoms with van der Waals surface area (Å²) in [6, 6.07) is 2.10. The Balaban J connectivity index is 1.92. The molecule has 0 radical (unpaired) electrons. The summed E-state index contributed by atoms with van der Waals surface area (Å²) in [5.41, 5.74) is 1.46. The van der Waals surface area contributed by atoms with Gasteiger partial charge in [-0.15, -0.1) is 11.3 Å². The van der Waals surface area contributed by atoms with E-state index in [0.717, 1.165) is 18.7 Å². The first kappa shape index (κ1) is 15.3. The summed E-state index contributed by atoms with van der Waals surface area (Å²) in [6.45, 7) is 8.03. The van der Waals surface area contributed by atoms with Crippen LogP contribution in [0.4, 0.5) is 0 Å². The van der Waals surface area contributed by atoms with E-state index in [1.807, 2.05) is 5.38 Å². The number of aliphatic carboxylic acids is 1.